The first-order valence-electron chi connectivity index (χ1n) is 9.06. The SMILES string of the molecule is O=C(CCCOc1ccccc1)N1CCC(NS(=O)(=O)c2cccs2)CC1. The summed E-state index contributed by atoms with van der Waals surface area (Å²) in [4.78, 5) is 14.1. The second-order valence-electron chi connectivity index (χ2n) is 6.47. The molecular formula is C19H24N2O4S2. The largest absolute Gasteiger partial charge is 0.494 e. The van der Waals surface area contributed by atoms with E-state index in [1.165, 1.54) is 11.3 Å². The molecule has 146 valence electrons. The Kier molecular flexibility index (Phi) is 6.87. The van der Waals surface area contributed by atoms with E-state index in [0.717, 1.165) is 5.75 Å². The van der Waals surface area contributed by atoms with Crippen LogP contribution in [0.15, 0.2) is 52.1 Å². The predicted molar refractivity (Wildman–Crippen MR) is 105 cm³/mol. The van der Waals surface area contributed by atoms with Gasteiger partial charge in [0.05, 0.1) is 6.61 Å². The Morgan fingerprint density at radius 3 is 2.56 bits per heavy atom. The molecule has 1 aromatic heterocycles. The summed E-state index contributed by atoms with van der Waals surface area (Å²) < 4.78 is 33.2. The number of carbonyl (C=O) groups excluding carboxylic acids is 1. The predicted octanol–water partition coefficient (Wildman–Crippen LogP) is 2.88. The Labute approximate surface area is 164 Å². The fourth-order valence-electron chi connectivity index (χ4n) is 3.03. The van der Waals surface area contributed by atoms with E-state index in [1.807, 2.05) is 35.2 Å². The third kappa shape index (κ3) is 5.79. The summed E-state index contributed by atoms with van der Waals surface area (Å²) >= 11 is 1.21. The van der Waals surface area contributed by atoms with Crippen molar-refractivity contribution in [3.8, 4) is 5.75 Å². The Hall–Kier alpha value is -1.90. The highest BCUT2D eigenvalue weighted by Gasteiger charge is 2.26. The Balaban J connectivity index is 1.36. The van der Waals surface area contributed by atoms with E-state index in [1.54, 1.807) is 17.5 Å². The summed E-state index contributed by atoms with van der Waals surface area (Å²) in [6.07, 6.45) is 2.38. The van der Waals surface area contributed by atoms with E-state index in [2.05, 4.69) is 4.72 Å². The summed E-state index contributed by atoms with van der Waals surface area (Å²) in [5, 5.41) is 1.75. The molecule has 1 amide bonds. The Bertz CT molecular complexity index is 815. The third-order valence-corrected chi connectivity index (χ3v) is 7.39. The summed E-state index contributed by atoms with van der Waals surface area (Å²) in [6.45, 7) is 1.67. The fourth-order valence-corrected chi connectivity index (χ4v) is 5.34. The van der Waals surface area contributed by atoms with Crippen LogP contribution in [0.1, 0.15) is 25.7 Å². The molecule has 0 aliphatic carbocycles. The van der Waals surface area contributed by atoms with Crippen molar-refractivity contribution in [1.82, 2.24) is 9.62 Å². The first-order valence-corrected chi connectivity index (χ1v) is 11.4. The third-order valence-electron chi connectivity index (χ3n) is 4.48. The zero-order valence-corrected chi connectivity index (χ0v) is 16.7. The maximum Gasteiger partial charge on any atom is 0.250 e. The van der Waals surface area contributed by atoms with Crippen LogP contribution < -0.4 is 9.46 Å². The van der Waals surface area contributed by atoms with E-state index in [9.17, 15) is 13.2 Å². The van der Waals surface area contributed by atoms with Crippen molar-refractivity contribution < 1.29 is 17.9 Å². The average molecular weight is 409 g/mol. The van der Waals surface area contributed by atoms with Gasteiger partial charge in [-0.05, 0) is 42.8 Å². The highest BCUT2D eigenvalue weighted by atomic mass is 32.2. The lowest BCUT2D eigenvalue weighted by atomic mass is 10.1. The molecule has 1 aromatic carbocycles. The van der Waals surface area contributed by atoms with Crippen molar-refractivity contribution >= 4 is 27.3 Å². The van der Waals surface area contributed by atoms with Crippen LogP contribution in [-0.2, 0) is 14.8 Å². The highest BCUT2D eigenvalue weighted by Crippen LogP contribution is 2.19. The summed E-state index contributed by atoms with van der Waals surface area (Å²) in [5.41, 5.74) is 0. The zero-order chi connectivity index (χ0) is 19.1. The van der Waals surface area contributed by atoms with Gasteiger partial charge >= 0.3 is 0 Å². The van der Waals surface area contributed by atoms with E-state index < -0.39 is 10.0 Å². The molecule has 6 nitrogen and oxygen atoms in total. The Morgan fingerprint density at radius 1 is 1.15 bits per heavy atom. The molecule has 0 bridgehead atoms. The number of likely N-dealkylation sites (tertiary alicyclic amines) is 1. The molecule has 0 atom stereocenters. The maximum atomic E-state index is 12.3. The normalized spacial score (nSPS) is 15.6. The molecule has 2 heterocycles. The molecule has 1 saturated heterocycles. The van der Waals surface area contributed by atoms with Gasteiger partial charge in [0.2, 0.25) is 15.9 Å². The number of nitrogens with one attached hydrogen (secondary N) is 1. The monoisotopic (exact) mass is 408 g/mol. The van der Waals surface area contributed by atoms with Crippen LogP contribution in [0.4, 0.5) is 0 Å². The van der Waals surface area contributed by atoms with Gasteiger partial charge in [0.25, 0.3) is 0 Å². The summed E-state index contributed by atoms with van der Waals surface area (Å²) in [6, 6.07) is 12.7. The standard InChI is InChI=1S/C19H24N2O4S2/c22-18(8-4-14-25-17-6-2-1-3-7-17)21-12-10-16(11-13-21)20-27(23,24)19-9-5-15-26-19/h1-3,5-7,9,15-16,20H,4,8,10-14H2. The van der Waals surface area contributed by atoms with Crippen molar-refractivity contribution in [1.29, 1.82) is 0 Å². The van der Waals surface area contributed by atoms with Gasteiger partial charge in [-0.2, -0.15) is 0 Å². The maximum absolute atomic E-state index is 12.3. The Morgan fingerprint density at radius 2 is 1.89 bits per heavy atom. The van der Waals surface area contributed by atoms with Crippen molar-refractivity contribution in [2.45, 2.75) is 35.9 Å². The molecular weight excluding hydrogens is 384 g/mol. The lowest BCUT2D eigenvalue weighted by Crippen LogP contribution is -2.46. The van der Waals surface area contributed by atoms with Crippen molar-refractivity contribution in [3.63, 3.8) is 0 Å². The highest BCUT2D eigenvalue weighted by molar-refractivity contribution is 7.91. The van der Waals surface area contributed by atoms with Crippen molar-refractivity contribution in [2.75, 3.05) is 19.7 Å². The van der Waals surface area contributed by atoms with Gasteiger partial charge in [0.1, 0.15) is 9.96 Å². The van der Waals surface area contributed by atoms with Crippen molar-refractivity contribution in [2.24, 2.45) is 0 Å². The van der Waals surface area contributed by atoms with Crippen molar-refractivity contribution in [3.05, 3.63) is 47.8 Å². The van der Waals surface area contributed by atoms with Crippen LogP contribution in [0.25, 0.3) is 0 Å². The lowest BCUT2D eigenvalue weighted by molar-refractivity contribution is -0.132. The topological polar surface area (TPSA) is 75.7 Å². The molecule has 1 N–H and O–H groups in total. The van der Waals surface area contributed by atoms with Gasteiger partial charge in [0, 0.05) is 25.6 Å². The van der Waals surface area contributed by atoms with E-state index in [0.29, 0.717) is 49.6 Å². The molecule has 1 aliphatic heterocycles. The number of amides is 1. The fraction of sp³-hybridized carbons (Fsp3) is 0.421. The van der Waals surface area contributed by atoms with Gasteiger partial charge in [0.15, 0.2) is 0 Å². The molecule has 0 spiro atoms. The minimum Gasteiger partial charge on any atom is -0.494 e. The minimum absolute atomic E-state index is 0.103. The number of hydrogen-bond donors (Lipinski definition) is 1. The number of carbonyl (C=O) groups is 1. The van der Waals surface area contributed by atoms with Crippen LogP contribution >= 0.6 is 11.3 Å². The van der Waals surface area contributed by atoms with Crippen LogP contribution in [0.3, 0.4) is 0 Å². The van der Waals surface area contributed by atoms with Gasteiger partial charge in [-0.3, -0.25) is 4.79 Å². The second kappa shape index (κ2) is 9.34. The second-order valence-corrected chi connectivity index (χ2v) is 9.36. The van der Waals surface area contributed by atoms with E-state index in [-0.39, 0.29) is 11.9 Å². The summed E-state index contributed by atoms with van der Waals surface area (Å²) in [7, 11) is -3.45. The number of nitrogens with zero attached hydrogens (tertiary/aromatic N) is 1. The van der Waals surface area contributed by atoms with Gasteiger partial charge in [-0.1, -0.05) is 24.3 Å². The number of rotatable bonds is 8. The smallest absolute Gasteiger partial charge is 0.250 e. The molecule has 3 rings (SSSR count). The summed E-state index contributed by atoms with van der Waals surface area (Å²) in [5.74, 6) is 0.912. The molecule has 2 aromatic rings. The van der Waals surface area contributed by atoms with Gasteiger partial charge in [-0.15, -0.1) is 11.3 Å². The van der Waals surface area contributed by atoms with Gasteiger partial charge < -0.3 is 9.64 Å². The number of ether oxygens (including phenoxy) is 1. The zero-order valence-electron chi connectivity index (χ0n) is 15.0. The molecule has 27 heavy (non-hydrogen) atoms. The number of benzene rings is 1. The van der Waals surface area contributed by atoms with Gasteiger partial charge in [-0.25, -0.2) is 13.1 Å². The molecule has 1 aliphatic rings. The van der Waals surface area contributed by atoms with Crippen LogP contribution in [-0.4, -0.2) is 45.0 Å². The quantitative estimate of drug-likeness (QED) is 0.682. The minimum atomic E-state index is -3.45. The molecule has 0 saturated carbocycles. The van der Waals surface area contributed by atoms with E-state index in [4.69, 9.17) is 4.74 Å². The molecule has 8 heteroatoms. The van der Waals surface area contributed by atoms with Crippen LogP contribution in [0.2, 0.25) is 0 Å². The van der Waals surface area contributed by atoms with Crippen LogP contribution in [0, 0.1) is 0 Å². The number of sulfonamides is 1. The number of para-hydroxylation sites is 1. The number of thiophene rings is 1. The molecule has 0 radical (unpaired) electrons. The lowest BCUT2D eigenvalue weighted by Gasteiger charge is -2.32. The number of hydrogen-bond acceptors (Lipinski definition) is 5. The number of piperidine rings is 1. The van der Waals surface area contributed by atoms with Crippen LogP contribution in [0.5, 0.6) is 5.75 Å². The first-order chi connectivity index (χ1) is 13.0. The molecule has 0 unspecified atom stereocenters. The average Bonchev–Trinajstić information content (AvgIpc) is 3.22. The molecule has 1 fully saturated rings. The first kappa shape index (κ1) is 19.9. The van der Waals surface area contributed by atoms with E-state index >= 15 is 0 Å².